The molecule has 0 bridgehead atoms. The number of rotatable bonds is 0. The summed E-state index contributed by atoms with van der Waals surface area (Å²) in [6.07, 6.45) is 0. The standard InChI is InChI=1S/C9H21OP/c1-8(2,3)11(7,10)9(4,5)6/h1-7H3. The van der Waals surface area contributed by atoms with Crippen molar-refractivity contribution in [3.8, 4) is 0 Å². The highest BCUT2D eigenvalue weighted by molar-refractivity contribution is 7.66. The van der Waals surface area contributed by atoms with Gasteiger partial charge in [-0.15, -0.1) is 0 Å². The van der Waals surface area contributed by atoms with Crippen molar-refractivity contribution < 1.29 is 4.57 Å². The minimum atomic E-state index is -2.06. The van der Waals surface area contributed by atoms with Crippen molar-refractivity contribution in [3.63, 3.8) is 0 Å². The van der Waals surface area contributed by atoms with Crippen LogP contribution in [0.3, 0.4) is 0 Å². The minimum absolute atomic E-state index is 0.0642. The van der Waals surface area contributed by atoms with Crippen LogP contribution in [0.1, 0.15) is 41.5 Å². The molecule has 0 N–H and O–H groups in total. The van der Waals surface area contributed by atoms with Crippen LogP contribution < -0.4 is 0 Å². The molecule has 0 rings (SSSR count). The van der Waals surface area contributed by atoms with Crippen LogP contribution in [0.25, 0.3) is 0 Å². The molecule has 0 spiro atoms. The molecule has 0 aliphatic heterocycles. The van der Waals surface area contributed by atoms with Crippen LogP contribution in [-0.2, 0) is 4.57 Å². The highest BCUT2D eigenvalue weighted by Gasteiger charge is 2.41. The van der Waals surface area contributed by atoms with Crippen molar-refractivity contribution in [2.24, 2.45) is 0 Å². The first-order valence-corrected chi connectivity index (χ1v) is 6.23. The van der Waals surface area contributed by atoms with Gasteiger partial charge in [0.1, 0.15) is 0 Å². The molecule has 68 valence electrons. The normalized spacial score (nSPS) is 15.2. The summed E-state index contributed by atoms with van der Waals surface area (Å²) in [7, 11) is -2.06. The Morgan fingerprint density at radius 3 is 1.00 bits per heavy atom. The summed E-state index contributed by atoms with van der Waals surface area (Å²) in [6, 6.07) is 0. The summed E-state index contributed by atoms with van der Waals surface area (Å²) in [4.78, 5) is 0. The average Bonchev–Trinajstić information content (AvgIpc) is 1.58. The molecular formula is C9H21OP. The lowest BCUT2D eigenvalue weighted by molar-refractivity contribution is 0.523. The topological polar surface area (TPSA) is 17.1 Å². The maximum absolute atomic E-state index is 12.3. The predicted molar refractivity (Wildman–Crippen MR) is 53.0 cm³/mol. The zero-order valence-corrected chi connectivity index (χ0v) is 9.75. The molecule has 1 nitrogen and oxygen atoms in total. The van der Waals surface area contributed by atoms with Crippen molar-refractivity contribution in [3.05, 3.63) is 0 Å². The van der Waals surface area contributed by atoms with Crippen molar-refractivity contribution in [1.82, 2.24) is 0 Å². The molecule has 0 unspecified atom stereocenters. The van der Waals surface area contributed by atoms with Gasteiger partial charge in [0.2, 0.25) is 0 Å². The van der Waals surface area contributed by atoms with Gasteiger partial charge < -0.3 is 4.57 Å². The van der Waals surface area contributed by atoms with E-state index >= 15 is 0 Å². The summed E-state index contributed by atoms with van der Waals surface area (Å²) in [5.41, 5.74) is 0. The Labute approximate surface area is 70.9 Å². The highest BCUT2D eigenvalue weighted by atomic mass is 31.2. The predicted octanol–water partition coefficient (Wildman–Crippen LogP) is 3.58. The van der Waals surface area contributed by atoms with Crippen LogP contribution >= 0.6 is 7.14 Å². The van der Waals surface area contributed by atoms with Crippen LogP contribution in [-0.4, -0.2) is 17.0 Å². The van der Waals surface area contributed by atoms with Crippen LogP contribution in [0.5, 0.6) is 0 Å². The number of hydrogen-bond donors (Lipinski definition) is 0. The van der Waals surface area contributed by atoms with Crippen molar-refractivity contribution in [1.29, 1.82) is 0 Å². The van der Waals surface area contributed by atoms with Gasteiger partial charge in [0.05, 0.1) is 7.14 Å². The van der Waals surface area contributed by atoms with E-state index in [4.69, 9.17) is 0 Å². The largest absolute Gasteiger partial charge is 0.323 e. The van der Waals surface area contributed by atoms with Crippen LogP contribution in [0.4, 0.5) is 0 Å². The monoisotopic (exact) mass is 176 g/mol. The Hall–Kier alpha value is 0.230. The molecule has 0 heterocycles. The summed E-state index contributed by atoms with van der Waals surface area (Å²) in [6.45, 7) is 14.2. The fourth-order valence-corrected chi connectivity index (χ4v) is 3.02. The molecule has 0 aromatic carbocycles. The maximum atomic E-state index is 12.3. The summed E-state index contributed by atoms with van der Waals surface area (Å²) in [5.74, 6) is 0. The summed E-state index contributed by atoms with van der Waals surface area (Å²) in [5, 5.41) is -0.128. The molecule has 0 saturated carbocycles. The summed E-state index contributed by atoms with van der Waals surface area (Å²) >= 11 is 0. The first-order valence-electron chi connectivity index (χ1n) is 4.08. The van der Waals surface area contributed by atoms with Gasteiger partial charge >= 0.3 is 0 Å². The third-order valence-electron chi connectivity index (χ3n) is 2.56. The second kappa shape index (κ2) is 2.62. The Kier molecular flexibility index (Phi) is 2.68. The van der Waals surface area contributed by atoms with Crippen LogP contribution in [0.15, 0.2) is 0 Å². The average molecular weight is 176 g/mol. The van der Waals surface area contributed by atoms with E-state index in [9.17, 15) is 4.57 Å². The van der Waals surface area contributed by atoms with Crippen molar-refractivity contribution >= 4 is 7.14 Å². The zero-order chi connectivity index (χ0) is 9.50. The molecule has 11 heavy (non-hydrogen) atoms. The van der Waals surface area contributed by atoms with Gasteiger partial charge in [-0.3, -0.25) is 0 Å². The Morgan fingerprint density at radius 2 is 1.00 bits per heavy atom. The molecule has 0 aromatic rings. The molecule has 0 saturated heterocycles. The van der Waals surface area contributed by atoms with Crippen LogP contribution in [0, 0.1) is 0 Å². The fourth-order valence-electron chi connectivity index (χ4n) is 1.01. The molecule has 2 heteroatoms. The van der Waals surface area contributed by atoms with E-state index in [1.807, 2.05) is 6.66 Å². The molecule has 0 atom stereocenters. The van der Waals surface area contributed by atoms with Gasteiger partial charge in [0, 0.05) is 10.3 Å². The second-order valence-electron chi connectivity index (χ2n) is 5.27. The highest BCUT2D eigenvalue weighted by Crippen LogP contribution is 2.63. The van der Waals surface area contributed by atoms with Gasteiger partial charge in [-0.1, -0.05) is 41.5 Å². The van der Waals surface area contributed by atoms with E-state index in [1.165, 1.54) is 0 Å². The molecular weight excluding hydrogens is 155 g/mol. The lowest BCUT2D eigenvalue weighted by Gasteiger charge is -2.38. The summed E-state index contributed by atoms with van der Waals surface area (Å²) < 4.78 is 12.3. The molecule has 0 aliphatic carbocycles. The molecule has 0 aliphatic rings. The first kappa shape index (κ1) is 11.2. The lowest BCUT2D eigenvalue weighted by atomic mass is 10.2. The van der Waals surface area contributed by atoms with E-state index in [-0.39, 0.29) is 10.3 Å². The minimum Gasteiger partial charge on any atom is -0.323 e. The molecule has 0 fully saturated rings. The second-order valence-corrected chi connectivity index (χ2v) is 9.80. The smallest absolute Gasteiger partial charge is 0.0948 e. The van der Waals surface area contributed by atoms with Gasteiger partial charge in [-0.05, 0) is 6.66 Å². The van der Waals surface area contributed by atoms with Crippen LogP contribution in [0.2, 0.25) is 0 Å². The van der Waals surface area contributed by atoms with Crippen molar-refractivity contribution in [2.45, 2.75) is 51.9 Å². The van der Waals surface area contributed by atoms with E-state index < -0.39 is 7.14 Å². The molecule has 0 amide bonds. The number of hydrogen-bond acceptors (Lipinski definition) is 1. The molecule has 0 aromatic heterocycles. The van der Waals surface area contributed by atoms with Gasteiger partial charge in [-0.25, -0.2) is 0 Å². The van der Waals surface area contributed by atoms with E-state index in [2.05, 4.69) is 41.5 Å². The molecule has 0 radical (unpaired) electrons. The van der Waals surface area contributed by atoms with Crippen molar-refractivity contribution in [2.75, 3.05) is 6.66 Å². The third kappa shape index (κ3) is 2.08. The first-order chi connectivity index (χ1) is 4.50. The third-order valence-corrected chi connectivity index (χ3v) is 7.68. The Bertz CT molecular complexity index is 163. The van der Waals surface area contributed by atoms with E-state index in [1.54, 1.807) is 0 Å². The Morgan fingerprint density at radius 1 is 0.818 bits per heavy atom. The van der Waals surface area contributed by atoms with Gasteiger partial charge in [0.15, 0.2) is 0 Å². The Balaban J connectivity index is 4.92. The van der Waals surface area contributed by atoms with Gasteiger partial charge in [-0.2, -0.15) is 0 Å². The SMILES string of the molecule is CC(C)(C)P(C)(=O)C(C)(C)C. The van der Waals surface area contributed by atoms with E-state index in [0.717, 1.165) is 0 Å². The van der Waals surface area contributed by atoms with E-state index in [0.29, 0.717) is 0 Å². The quantitative estimate of drug-likeness (QED) is 0.515. The lowest BCUT2D eigenvalue weighted by Crippen LogP contribution is -2.27. The fraction of sp³-hybridized carbons (Fsp3) is 1.00. The zero-order valence-electron chi connectivity index (χ0n) is 8.86. The van der Waals surface area contributed by atoms with Gasteiger partial charge in [0.25, 0.3) is 0 Å². The maximum Gasteiger partial charge on any atom is 0.0948 e.